The third-order valence-corrected chi connectivity index (χ3v) is 2.77. The van der Waals surface area contributed by atoms with Crippen LogP contribution in [0.5, 0.6) is 0 Å². The standard InChI is InChI=1S/C14H22N2O2/c1-8(2)6-10(4)15-13-12(14(17)18)9(3)7-11(5)16-13/h7-8,10H,6H2,1-5H3,(H,15,16)(H,17,18). The molecule has 0 radical (unpaired) electrons. The number of hydrogen-bond acceptors (Lipinski definition) is 3. The minimum absolute atomic E-state index is 0.205. The number of nitrogens with zero attached hydrogens (tertiary/aromatic N) is 1. The Hall–Kier alpha value is -1.58. The van der Waals surface area contributed by atoms with Gasteiger partial charge in [-0.15, -0.1) is 0 Å². The van der Waals surface area contributed by atoms with Gasteiger partial charge in [-0.2, -0.15) is 0 Å². The number of hydrogen-bond donors (Lipinski definition) is 2. The van der Waals surface area contributed by atoms with E-state index in [1.54, 1.807) is 13.0 Å². The summed E-state index contributed by atoms with van der Waals surface area (Å²) in [6, 6.07) is 2.00. The minimum atomic E-state index is -0.931. The summed E-state index contributed by atoms with van der Waals surface area (Å²) in [7, 11) is 0. The van der Waals surface area contributed by atoms with Crippen LogP contribution in [0, 0.1) is 19.8 Å². The zero-order valence-corrected chi connectivity index (χ0v) is 11.7. The maximum atomic E-state index is 11.3. The predicted molar refractivity (Wildman–Crippen MR) is 73.2 cm³/mol. The zero-order valence-electron chi connectivity index (χ0n) is 11.7. The molecule has 4 nitrogen and oxygen atoms in total. The van der Waals surface area contributed by atoms with Crippen LogP contribution in [0.2, 0.25) is 0 Å². The smallest absolute Gasteiger partial charge is 0.339 e. The van der Waals surface area contributed by atoms with Crippen molar-refractivity contribution < 1.29 is 9.90 Å². The van der Waals surface area contributed by atoms with Crippen molar-refractivity contribution in [3.8, 4) is 0 Å². The Morgan fingerprint density at radius 3 is 2.50 bits per heavy atom. The average molecular weight is 250 g/mol. The third-order valence-electron chi connectivity index (χ3n) is 2.77. The quantitative estimate of drug-likeness (QED) is 0.842. The van der Waals surface area contributed by atoms with Gasteiger partial charge >= 0.3 is 5.97 Å². The maximum absolute atomic E-state index is 11.3. The van der Waals surface area contributed by atoms with Crippen LogP contribution in [0.15, 0.2) is 6.07 Å². The lowest BCUT2D eigenvalue weighted by molar-refractivity contribution is 0.0697. The third kappa shape index (κ3) is 3.72. The van der Waals surface area contributed by atoms with E-state index in [4.69, 9.17) is 0 Å². The number of aryl methyl sites for hydroxylation is 2. The molecule has 0 fully saturated rings. The van der Waals surface area contributed by atoms with E-state index in [2.05, 4.69) is 24.1 Å². The second kappa shape index (κ2) is 5.85. The van der Waals surface area contributed by atoms with Crippen LogP contribution in [0.25, 0.3) is 0 Å². The summed E-state index contributed by atoms with van der Waals surface area (Å²) in [5.74, 6) is 0.110. The Labute approximate surface area is 108 Å². The molecule has 0 aromatic carbocycles. The fraction of sp³-hybridized carbons (Fsp3) is 0.571. The number of nitrogens with one attached hydrogen (secondary N) is 1. The van der Waals surface area contributed by atoms with E-state index in [1.165, 1.54) is 0 Å². The van der Waals surface area contributed by atoms with Crippen molar-refractivity contribution >= 4 is 11.8 Å². The second-order valence-electron chi connectivity index (χ2n) is 5.28. The van der Waals surface area contributed by atoms with E-state index in [-0.39, 0.29) is 11.6 Å². The van der Waals surface area contributed by atoms with Crippen LogP contribution in [0.3, 0.4) is 0 Å². The molecule has 18 heavy (non-hydrogen) atoms. The SMILES string of the molecule is Cc1cc(C)c(C(=O)O)c(NC(C)CC(C)C)n1. The number of aromatic nitrogens is 1. The van der Waals surface area contributed by atoms with E-state index >= 15 is 0 Å². The Balaban J connectivity index is 3.03. The Morgan fingerprint density at radius 1 is 1.39 bits per heavy atom. The van der Waals surface area contributed by atoms with Gasteiger partial charge in [0.1, 0.15) is 11.4 Å². The molecule has 0 amide bonds. The number of aromatic carboxylic acids is 1. The van der Waals surface area contributed by atoms with Crippen molar-refractivity contribution in [2.45, 2.75) is 47.1 Å². The molecule has 2 N–H and O–H groups in total. The van der Waals surface area contributed by atoms with Gasteiger partial charge in [0.2, 0.25) is 0 Å². The summed E-state index contributed by atoms with van der Waals surface area (Å²) in [5, 5.41) is 12.5. The summed E-state index contributed by atoms with van der Waals surface area (Å²) in [6.07, 6.45) is 0.980. The topological polar surface area (TPSA) is 62.2 Å². The van der Waals surface area contributed by atoms with Crippen LogP contribution in [0.4, 0.5) is 5.82 Å². The van der Waals surface area contributed by atoms with Crippen molar-refractivity contribution in [1.82, 2.24) is 4.98 Å². The second-order valence-corrected chi connectivity index (χ2v) is 5.28. The molecule has 0 saturated carbocycles. The van der Waals surface area contributed by atoms with E-state index in [0.29, 0.717) is 11.7 Å². The highest BCUT2D eigenvalue weighted by Gasteiger charge is 2.17. The van der Waals surface area contributed by atoms with E-state index in [1.807, 2.05) is 13.8 Å². The zero-order chi connectivity index (χ0) is 13.9. The molecule has 4 heteroatoms. The number of pyridine rings is 1. The Kier molecular flexibility index (Phi) is 4.70. The van der Waals surface area contributed by atoms with Crippen LogP contribution >= 0.6 is 0 Å². The van der Waals surface area contributed by atoms with Crippen molar-refractivity contribution in [2.24, 2.45) is 5.92 Å². The molecule has 100 valence electrons. The molecule has 0 bridgehead atoms. The minimum Gasteiger partial charge on any atom is -0.478 e. The van der Waals surface area contributed by atoms with Crippen LogP contribution in [0.1, 0.15) is 48.8 Å². The van der Waals surface area contributed by atoms with Gasteiger partial charge in [0, 0.05) is 11.7 Å². The maximum Gasteiger partial charge on any atom is 0.339 e. The summed E-state index contributed by atoms with van der Waals surface area (Å²) in [6.45, 7) is 10.0. The highest BCUT2D eigenvalue weighted by Crippen LogP contribution is 2.20. The summed E-state index contributed by atoms with van der Waals surface area (Å²) in [4.78, 5) is 15.6. The summed E-state index contributed by atoms with van der Waals surface area (Å²) < 4.78 is 0. The molecule has 1 atom stereocenters. The van der Waals surface area contributed by atoms with Gasteiger partial charge in [-0.1, -0.05) is 13.8 Å². The molecule has 1 aromatic heterocycles. The highest BCUT2D eigenvalue weighted by atomic mass is 16.4. The molecule has 1 heterocycles. The van der Waals surface area contributed by atoms with Crippen molar-refractivity contribution in [3.63, 3.8) is 0 Å². The molecule has 0 aliphatic carbocycles. The van der Waals surface area contributed by atoms with Crippen molar-refractivity contribution in [1.29, 1.82) is 0 Å². The normalized spacial score (nSPS) is 12.6. The van der Waals surface area contributed by atoms with Gasteiger partial charge in [-0.05, 0) is 44.7 Å². The van der Waals surface area contributed by atoms with Crippen LogP contribution in [-0.2, 0) is 0 Å². The molecular formula is C14H22N2O2. The summed E-state index contributed by atoms with van der Waals surface area (Å²) in [5.41, 5.74) is 1.85. The molecule has 0 aliphatic heterocycles. The number of carboxylic acids is 1. The van der Waals surface area contributed by atoms with Gasteiger partial charge in [0.05, 0.1) is 0 Å². The first-order valence-corrected chi connectivity index (χ1v) is 6.29. The molecule has 0 spiro atoms. The first kappa shape index (κ1) is 14.5. The molecule has 0 aliphatic rings. The predicted octanol–water partition coefficient (Wildman–Crippen LogP) is 3.24. The first-order chi connectivity index (χ1) is 8.31. The summed E-state index contributed by atoms with van der Waals surface area (Å²) >= 11 is 0. The molecular weight excluding hydrogens is 228 g/mol. The molecule has 1 rings (SSSR count). The fourth-order valence-corrected chi connectivity index (χ4v) is 2.21. The molecule has 1 aromatic rings. The molecule has 1 unspecified atom stereocenters. The lowest BCUT2D eigenvalue weighted by Gasteiger charge is -2.19. The lowest BCUT2D eigenvalue weighted by atomic mass is 10.0. The number of anilines is 1. The largest absolute Gasteiger partial charge is 0.478 e. The highest BCUT2D eigenvalue weighted by molar-refractivity contribution is 5.94. The van der Waals surface area contributed by atoms with E-state index in [9.17, 15) is 9.90 Å². The fourth-order valence-electron chi connectivity index (χ4n) is 2.21. The van der Waals surface area contributed by atoms with Gasteiger partial charge in [-0.25, -0.2) is 9.78 Å². The number of carboxylic acid groups (broad SMARTS) is 1. The van der Waals surface area contributed by atoms with Gasteiger partial charge in [0.25, 0.3) is 0 Å². The monoisotopic (exact) mass is 250 g/mol. The van der Waals surface area contributed by atoms with E-state index < -0.39 is 5.97 Å². The van der Waals surface area contributed by atoms with Crippen LogP contribution < -0.4 is 5.32 Å². The first-order valence-electron chi connectivity index (χ1n) is 6.29. The lowest BCUT2D eigenvalue weighted by Crippen LogP contribution is -2.21. The van der Waals surface area contributed by atoms with Crippen molar-refractivity contribution in [2.75, 3.05) is 5.32 Å². The Bertz CT molecular complexity index is 442. The van der Waals surface area contributed by atoms with Gasteiger partial charge in [0.15, 0.2) is 0 Å². The van der Waals surface area contributed by atoms with Gasteiger partial charge < -0.3 is 10.4 Å². The number of rotatable bonds is 5. The number of carbonyl (C=O) groups is 1. The van der Waals surface area contributed by atoms with Crippen molar-refractivity contribution in [3.05, 3.63) is 22.9 Å². The Morgan fingerprint density at radius 2 is 2.00 bits per heavy atom. The van der Waals surface area contributed by atoms with E-state index in [0.717, 1.165) is 17.7 Å². The van der Waals surface area contributed by atoms with Crippen LogP contribution in [-0.4, -0.2) is 22.1 Å². The average Bonchev–Trinajstić information content (AvgIpc) is 2.12. The molecule has 0 saturated heterocycles. The van der Waals surface area contributed by atoms with Gasteiger partial charge in [-0.3, -0.25) is 0 Å².